The molecule has 0 spiro atoms. The van der Waals surface area contributed by atoms with Crippen LogP contribution in [0, 0.1) is 6.92 Å². The van der Waals surface area contributed by atoms with Crippen LogP contribution in [0.15, 0.2) is 53.4 Å². The molecule has 1 N–H and O–H groups in total. The number of thioether (sulfide) groups is 1. The summed E-state index contributed by atoms with van der Waals surface area (Å²) < 4.78 is 0. The van der Waals surface area contributed by atoms with E-state index in [1.165, 1.54) is 5.56 Å². The highest BCUT2D eigenvalue weighted by atomic mass is 35.5. The van der Waals surface area contributed by atoms with Crippen LogP contribution in [0.25, 0.3) is 0 Å². The highest BCUT2D eigenvalue weighted by Crippen LogP contribution is 2.27. The summed E-state index contributed by atoms with van der Waals surface area (Å²) in [5.41, 5.74) is 2.34. The fourth-order valence-electron chi connectivity index (χ4n) is 2.24. The van der Waals surface area contributed by atoms with Gasteiger partial charge >= 0.3 is 0 Å². The van der Waals surface area contributed by atoms with Crippen LogP contribution in [-0.2, 0) is 4.79 Å². The molecule has 4 heteroatoms. The van der Waals surface area contributed by atoms with E-state index in [0.717, 1.165) is 16.9 Å². The quantitative estimate of drug-likeness (QED) is 0.709. The maximum absolute atomic E-state index is 12.5. The summed E-state index contributed by atoms with van der Waals surface area (Å²) in [4.78, 5) is 13.6. The van der Waals surface area contributed by atoms with Gasteiger partial charge in [-0.2, -0.15) is 0 Å². The molecule has 0 radical (unpaired) electrons. The van der Waals surface area contributed by atoms with Crippen molar-refractivity contribution in [2.45, 2.75) is 43.4 Å². The minimum atomic E-state index is -0.107. The zero-order valence-electron chi connectivity index (χ0n) is 13.7. The number of hydrogen-bond acceptors (Lipinski definition) is 2. The van der Waals surface area contributed by atoms with Crippen molar-refractivity contribution in [3.63, 3.8) is 0 Å². The van der Waals surface area contributed by atoms with Crippen molar-refractivity contribution in [3.05, 3.63) is 64.7 Å². The van der Waals surface area contributed by atoms with Gasteiger partial charge in [0.25, 0.3) is 0 Å². The van der Waals surface area contributed by atoms with Gasteiger partial charge in [0, 0.05) is 9.92 Å². The van der Waals surface area contributed by atoms with Crippen molar-refractivity contribution in [3.8, 4) is 0 Å². The maximum atomic E-state index is 12.5. The van der Waals surface area contributed by atoms with E-state index in [1.807, 2.05) is 38.1 Å². The first-order valence-corrected chi connectivity index (χ1v) is 9.04. The molecule has 1 amide bonds. The molecule has 0 fully saturated rings. The third-order valence-electron chi connectivity index (χ3n) is 3.69. The molecule has 0 aromatic heterocycles. The zero-order valence-corrected chi connectivity index (χ0v) is 15.2. The second-order valence-electron chi connectivity index (χ2n) is 5.61. The fraction of sp³-hybridized carbons (Fsp3) is 0.316. The van der Waals surface area contributed by atoms with Crippen LogP contribution < -0.4 is 5.32 Å². The van der Waals surface area contributed by atoms with Gasteiger partial charge in [-0.05, 0) is 50.1 Å². The molecule has 0 saturated carbocycles. The molecule has 0 heterocycles. The monoisotopic (exact) mass is 347 g/mol. The minimum Gasteiger partial charge on any atom is -0.349 e. The molecule has 2 nitrogen and oxygen atoms in total. The van der Waals surface area contributed by atoms with E-state index in [4.69, 9.17) is 11.6 Å². The van der Waals surface area contributed by atoms with Crippen LogP contribution in [0.3, 0.4) is 0 Å². The van der Waals surface area contributed by atoms with Crippen LogP contribution in [0.4, 0.5) is 0 Å². The number of benzene rings is 2. The Bertz CT molecular complexity index is 639. The van der Waals surface area contributed by atoms with Gasteiger partial charge < -0.3 is 5.32 Å². The Morgan fingerprint density at radius 2 is 1.74 bits per heavy atom. The molecule has 0 aliphatic carbocycles. The molecule has 2 atom stereocenters. The molecule has 0 bridgehead atoms. The number of carbonyl (C=O) groups excluding carboxylic acids is 1. The number of carbonyl (C=O) groups is 1. The van der Waals surface area contributed by atoms with Crippen molar-refractivity contribution in [2.24, 2.45) is 0 Å². The largest absolute Gasteiger partial charge is 0.349 e. The Labute approximate surface area is 147 Å². The van der Waals surface area contributed by atoms with Crippen LogP contribution in [0.2, 0.25) is 5.02 Å². The first-order valence-electron chi connectivity index (χ1n) is 7.78. The normalized spacial score (nSPS) is 13.4. The Hall–Kier alpha value is -1.45. The molecular weight excluding hydrogens is 326 g/mol. The van der Waals surface area contributed by atoms with E-state index >= 15 is 0 Å². The number of rotatable bonds is 6. The highest BCUT2D eigenvalue weighted by Gasteiger charge is 2.20. The van der Waals surface area contributed by atoms with E-state index in [0.29, 0.717) is 5.02 Å². The van der Waals surface area contributed by atoms with Crippen molar-refractivity contribution in [1.29, 1.82) is 0 Å². The topological polar surface area (TPSA) is 29.1 Å². The molecular formula is C19H22ClNOS. The second kappa shape index (κ2) is 8.42. The summed E-state index contributed by atoms with van der Waals surface area (Å²) in [5, 5.41) is 3.71. The molecule has 0 unspecified atom stereocenters. The predicted molar refractivity (Wildman–Crippen MR) is 99.1 cm³/mol. The molecule has 0 aliphatic rings. The SMILES string of the molecule is CC[C@H](Sc1ccc(Cl)cc1)C(=O)N[C@@H](C)c1ccc(C)cc1. The van der Waals surface area contributed by atoms with Crippen molar-refractivity contribution < 1.29 is 4.79 Å². The van der Waals surface area contributed by atoms with E-state index < -0.39 is 0 Å². The smallest absolute Gasteiger partial charge is 0.233 e. The van der Waals surface area contributed by atoms with Gasteiger partial charge in [0.1, 0.15) is 0 Å². The zero-order chi connectivity index (χ0) is 16.8. The Morgan fingerprint density at radius 1 is 1.13 bits per heavy atom. The summed E-state index contributed by atoms with van der Waals surface area (Å²) in [6, 6.07) is 15.9. The molecule has 0 aliphatic heterocycles. The molecule has 2 rings (SSSR count). The van der Waals surface area contributed by atoms with E-state index in [2.05, 4.69) is 36.5 Å². The van der Waals surface area contributed by atoms with Gasteiger partial charge in [-0.15, -0.1) is 11.8 Å². The van der Waals surface area contributed by atoms with Gasteiger partial charge in [-0.1, -0.05) is 48.4 Å². The van der Waals surface area contributed by atoms with Gasteiger partial charge in [0.2, 0.25) is 5.91 Å². The average Bonchev–Trinajstić information content (AvgIpc) is 2.54. The number of nitrogens with one attached hydrogen (secondary N) is 1. The van der Waals surface area contributed by atoms with Crippen LogP contribution >= 0.6 is 23.4 Å². The van der Waals surface area contributed by atoms with Crippen molar-refractivity contribution >= 4 is 29.3 Å². The molecule has 2 aromatic rings. The van der Waals surface area contributed by atoms with Crippen LogP contribution in [0.5, 0.6) is 0 Å². The molecule has 122 valence electrons. The minimum absolute atomic E-state index is 0.00275. The summed E-state index contributed by atoms with van der Waals surface area (Å²) in [6.45, 7) is 6.11. The second-order valence-corrected chi connectivity index (χ2v) is 7.32. The summed E-state index contributed by atoms with van der Waals surface area (Å²) in [6.07, 6.45) is 0.778. The summed E-state index contributed by atoms with van der Waals surface area (Å²) >= 11 is 7.48. The lowest BCUT2D eigenvalue weighted by molar-refractivity contribution is -0.121. The number of hydrogen-bond donors (Lipinski definition) is 1. The van der Waals surface area contributed by atoms with Gasteiger partial charge in [-0.3, -0.25) is 4.79 Å². The first-order chi connectivity index (χ1) is 11.0. The lowest BCUT2D eigenvalue weighted by Gasteiger charge is -2.19. The highest BCUT2D eigenvalue weighted by molar-refractivity contribution is 8.00. The van der Waals surface area contributed by atoms with E-state index in [-0.39, 0.29) is 17.2 Å². The Morgan fingerprint density at radius 3 is 2.30 bits per heavy atom. The number of halogens is 1. The molecule has 23 heavy (non-hydrogen) atoms. The average molecular weight is 348 g/mol. The van der Waals surface area contributed by atoms with Gasteiger partial charge in [0.15, 0.2) is 0 Å². The Kier molecular flexibility index (Phi) is 6.55. The summed E-state index contributed by atoms with van der Waals surface area (Å²) in [7, 11) is 0. The maximum Gasteiger partial charge on any atom is 0.233 e. The van der Waals surface area contributed by atoms with Gasteiger partial charge in [0.05, 0.1) is 11.3 Å². The van der Waals surface area contributed by atoms with Crippen molar-refractivity contribution in [2.75, 3.05) is 0 Å². The summed E-state index contributed by atoms with van der Waals surface area (Å²) in [5.74, 6) is 0.0699. The van der Waals surface area contributed by atoms with E-state index in [1.54, 1.807) is 11.8 Å². The van der Waals surface area contributed by atoms with Crippen LogP contribution in [0.1, 0.15) is 37.4 Å². The van der Waals surface area contributed by atoms with Crippen molar-refractivity contribution in [1.82, 2.24) is 5.32 Å². The van der Waals surface area contributed by atoms with Gasteiger partial charge in [-0.25, -0.2) is 0 Å². The lowest BCUT2D eigenvalue weighted by Crippen LogP contribution is -2.34. The molecule has 2 aromatic carbocycles. The lowest BCUT2D eigenvalue weighted by atomic mass is 10.1. The standard InChI is InChI=1S/C19H22ClNOS/c1-4-18(23-17-11-9-16(20)10-12-17)19(22)21-14(3)15-7-5-13(2)6-8-15/h5-12,14,18H,4H2,1-3H3,(H,21,22)/t14-,18-/m0/s1. The number of amides is 1. The molecule has 0 saturated heterocycles. The number of aryl methyl sites for hydroxylation is 1. The third kappa shape index (κ3) is 5.29. The predicted octanol–water partition coefficient (Wildman–Crippen LogP) is 5.40. The third-order valence-corrected chi connectivity index (χ3v) is 5.32. The first kappa shape index (κ1) is 17.9. The van der Waals surface area contributed by atoms with E-state index in [9.17, 15) is 4.79 Å². The van der Waals surface area contributed by atoms with Crippen LogP contribution in [-0.4, -0.2) is 11.2 Å². The fourth-order valence-corrected chi connectivity index (χ4v) is 3.33. The Balaban J connectivity index is 1.99.